The average Bonchev–Trinajstić information content (AvgIpc) is 1.83. The van der Waals surface area contributed by atoms with E-state index in [1.165, 1.54) is 0 Å². The Hall–Kier alpha value is -0.340. The monoisotopic (exact) mass is 116 g/mol. The number of hydrogen-bond donors (Lipinski definition) is 1. The number of rotatable bonds is 4. The molecule has 0 aromatic carbocycles. The zero-order chi connectivity index (χ0) is 6.41. The second-order valence-electron chi connectivity index (χ2n) is 1.41. The summed E-state index contributed by atoms with van der Waals surface area (Å²) in [5, 5.41) is 8.46. The molecule has 0 radical (unpaired) electrons. The topological polar surface area (TPSA) is 29.5 Å². The third-order valence-electron chi connectivity index (χ3n) is 0.824. The zero-order valence-electron chi connectivity index (χ0n) is 5.13. The molecule has 0 spiro atoms. The first-order chi connectivity index (χ1) is 3.85. The van der Waals surface area contributed by atoms with Crippen molar-refractivity contribution in [3.05, 3.63) is 12.7 Å². The molecule has 0 saturated heterocycles. The van der Waals surface area contributed by atoms with Crippen LogP contribution in [0.3, 0.4) is 0 Å². The minimum absolute atomic E-state index is 0.0251. The van der Waals surface area contributed by atoms with Gasteiger partial charge in [0.2, 0.25) is 0 Å². The van der Waals surface area contributed by atoms with E-state index < -0.39 is 0 Å². The van der Waals surface area contributed by atoms with E-state index in [1.807, 2.05) is 6.92 Å². The van der Waals surface area contributed by atoms with Crippen LogP contribution in [0, 0.1) is 0 Å². The van der Waals surface area contributed by atoms with Crippen molar-refractivity contribution in [2.75, 3.05) is 13.2 Å². The molecule has 2 heteroatoms. The van der Waals surface area contributed by atoms with E-state index in [-0.39, 0.29) is 12.7 Å². The molecule has 1 atom stereocenters. The van der Waals surface area contributed by atoms with Gasteiger partial charge >= 0.3 is 0 Å². The summed E-state index contributed by atoms with van der Waals surface area (Å²) in [5.74, 6) is 0. The van der Waals surface area contributed by atoms with Crippen LogP contribution in [-0.2, 0) is 4.74 Å². The number of aliphatic hydroxyl groups is 1. The van der Waals surface area contributed by atoms with Gasteiger partial charge in [-0.1, -0.05) is 6.08 Å². The van der Waals surface area contributed by atoms with Gasteiger partial charge in [0, 0.05) is 6.61 Å². The predicted octanol–water partition coefficient (Wildman–Crippen LogP) is 0.570. The van der Waals surface area contributed by atoms with Gasteiger partial charge in [0.25, 0.3) is 0 Å². The first-order valence-corrected chi connectivity index (χ1v) is 2.70. The van der Waals surface area contributed by atoms with Gasteiger partial charge in [-0.05, 0) is 6.92 Å². The molecule has 2 nitrogen and oxygen atoms in total. The van der Waals surface area contributed by atoms with Crippen molar-refractivity contribution in [1.82, 2.24) is 0 Å². The quantitative estimate of drug-likeness (QED) is 0.544. The Balaban J connectivity index is 3.21. The molecule has 0 fully saturated rings. The smallest absolute Gasteiger partial charge is 0.0983 e. The summed E-state index contributed by atoms with van der Waals surface area (Å²) in [7, 11) is 0. The Morgan fingerprint density at radius 3 is 2.62 bits per heavy atom. The minimum Gasteiger partial charge on any atom is -0.393 e. The van der Waals surface area contributed by atoms with E-state index in [0.717, 1.165) is 0 Å². The fourth-order valence-corrected chi connectivity index (χ4v) is 0.409. The van der Waals surface area contributed by atoms with Crippen LogP contribution in [0.4, 0.5) is 0 Å². The fourth-order valence-electron chi connectivity index (χ4n) is 0.409. The summed E-state index contributed by atoms with van der Waals surface area (Å²) in [6, 6.07) is 0. The second kappa shape index (κ2) is 4.81. The Bertz CT molecular complexity index is 61.5. The second-order valence-corrected chi connectivity index (χ2v) is 1.41. The molecule has 0 heterocycles. The minimum atomic E-state index is -0.181. The molecule has 0 amide bonds. The molecular weight excluding hydrogens is 104 g/mol. The van der Waals surface area contributed by atoms with Crippen molar-refractivity contribution in [2.45, 2.75) is 13.0 Å². The third-order valence-corrected chi connectivity index (χ3v) is 0.824. The maximum atomic E-state index is 8.46. The fraction of sp³-hybridized carbons (Fsp3) is 0.667. The van der Waals surface area contributed by atoms with Crippen LogP contribution >= 0.6 is 0 Å². The van der Waals surface area contributed by atoms with Crippen LogP contribution in [-0.4, -0.2) is 24.4 Å². The van der Waals surface area contributed by atoms with Crippen molar-refractivity contribution < 1.29 is 9.84 Å². The van der Waals surface area contributed by atoms with Gasteiger partial charge in [-0.25, -0.2) is 0 Å². The lowest BCUT2D eigenvalue weighted by molar-refractivity contribution is 0.0510. The van der Waals surface area contributed by atoms with E-state index >= 15 is 0 Å². The number of aliphatic hydroxyl groups excluding tert-OH is 1. The summed E-state index contributed by atoms with van der Waals surface area (Å²) in [6.07, 6.45) is 1.41. The lowest BCUT2D eigenvalue weighted by Gasteiger charge is -2.06. The van der Waals surface area contributed by atoms with Crippen molar-refractivity contribution >= 4 is 0 Å². The lowest BCUT2D eigenvalue weighted by atomic mass is 10.4. The van der Waals surface area contributed by atoms with Gasteiger partial charge in [0.05, 0.1) is 12.7 Å². The summed E-state index contributed by atoms with van der Waals surface area (Å²) in [5.41, 5.74) is 0. The van der Waals surface area contributed by atoms with Gasteiger partial charge in [0.15, 0.2) is 0 Å². The SMILES string of the molecule is C=CC(CO)OCC. The molecule has 0 bridgehead atoms. The predicted molar refractivity (Wildman–Crippen MR) is 32.7 cm³/mol. The average molecular weight is 116 g/mol. The highest BCUT2D eigenvalue weighted by Crippen LogP contribution is 1.89. The Morgan fingerprint density at radius 2 is 2.50 bits per heavy atom. The Kier molecular flexibility index (Phi) is 4.61. The summed E-state index contributed by atoms with van der Waals surface area (Å²) in [4.78, 5) is 0. The first kappa shape index (κ1) is 7.66. The maximum Gasteiger partial charge on any atom is 0.0983 e. The van der Waals surface area contributed by atoms with Crippen LogP contribution in [0.1, 0.15) is 6.92 Å². The van der Waals surface area contributed by atoms with E-state index in [2.05, 4.69) is 6.58 Å². The Morgan fingerprint density at radius 1 is 1.88 bits per heavy atom. The number of hydrogen-bond acceptors (Lipinski definition) is 2. The molecule has 0 aromatic heterocycles. The van der Waals surface area contributed by atoms with E-state index in [9.17, 15) is 0 Å². The molecule has 0 aliphatic carbocycles. The van der Waals surface area contributed by atoms with Gasteiger partial charge in [-0.15, -0.1) is 6.58 Å². The van der Waals surface area contributed by atoms with Crippen LogP contribution in [0.25, 0.3) is 0 Å². The highest BCUT2D eigenvalue weighted by atomic mass is 16.5. The van der Waals surface area contributed by atoms with Gasteiger partial charge in [-0.3, -0.25) is 0 Å². The molecule has 8 heavy (non-hydrogen) atoms. The van der Waals surface area contributed by atoms with E-state index in [1.54, 1.807) is 6.08 Å². The van der Waals surface area contributed by atoms with E-state index in [0.29, 0.717) is 6.61 Å². The molecule has 0 aliphatic heterocycles. The van der Waals surface area contributed by atoms with Gasteiger partial charge in [-0.2, -0.15) is 0 Å². The Labute approximate surface area is 49.8 Å². The molecular formula is C6H12O2. The van der Waals surface area contributed by atoms with Crippen molar-refractivity contribution in [2.24, 2.45) is 0 Å². The van der Waals surface area contributed by atoms with Crippen molar-refractivity contribution in [3.63, 3.8) is 0 Å². The van der Waals surface area contributed by atoms with Crippen LogP contribution in [0.15, 0.2) is 12.7 Å². The first-order valence-electron chi connectivity index (χ1n) is 2.70. The molecule has 1 N–H and O–H groups in total. The molecule has 0 saturated carbocycles. The molecule has 0 aliphatic rings. The zero-order valence-corrected chi connectivity index (χ0v) is 5.13. The van der Waals surface area contributed by atoms with Crippen LogP contribution in [0.2, 0.25) is 0 Å². The lowest BCUT2D eigenvalue weighted by Crippen LogP contribution is -2.13. The van der Waals surface area contributed by atoms with Crippen LogP contribution in [0.5, 0.6) is 0 Å². The normalized spacial score (nSPS) is 13.2. The van der Waals surface area contributed by atoms with Gasteiger partial charge in [0.1, 0.15) is 0 Å². The summed E-state index contributed by atoms with van der Waals surface area (Å²) < 4.78 is 4.97. The molecule has 0 rings (SSSR count). The maximum absolute atomic E-state index is 8.46. The van der Waals surface area contributed by atoms with Crippen molar-refractivity contribution in [3.8, 4) is 0 Å². The highest BCUT2D eigenvalue weighted by molar-refractivity contribution is 4.78. The molecule has 48 valence electrons. The summed E-state index contributed by atoms with van der Waals surface area (Å²) in [6.45, 7) is 5.99. The van der Waals surface area contributed by atoms with Gasteiger partial charge < -0.3 is 9.84 Å². The standard InChI is InChI=1S/C6H12O2/c1-3-6(5-7)8-4-2/h3,6-7H,1,4-5H2,2H3. The molecule has 0 aromatic rings. The van der Waals surface area contributed by atoms with Crippen LogP contribution < -0.4 is 0 Å². The third kappa shape index (κ3) is 2.77. The molecule has 1 unspecified atom stereocenters. The van der Waals surface area contributed by atoms with Crippen molar-refractivity contribution in [1.29, 1.82) is 0 Å². The highest BCUT2D eigenvalue weighted by Gasteiger charge is 1.96. The van der Waals surface area contributed by atoms with E-state index in [4.69, 9.17) is 9.84 Å². The largest absolute Gasteiger partial charge is 0.393 e. The summed E-state index contributed by atoms with van der Waals surface area (Å²) >= 11 is 0. The number of ether oxygens (including phenoxy) is 1.